The van der Waals surface area contributed by atoms with Gasteiger partial charge in [-0.3, -0.25) is 4.79 Å². The van der Waals surface area contributed by atoms with Gasteiger partial charge in [0.2, 0.25) is 5.91 Å². The number of aromatic nitrogens is 1. The zero-order valence-corrected chi connectivity index (χ0v) is 14.4. The van der Waals surface area contributed by atoms with Gasteiger partial charge < -0.3 is 9.73 Å². The number of anilines is 1. The molecule has 0 aliphatic rings. The van der Waals surface area contributed by atoms with Gasteiger partial charge in [-0.25, -0.2) is 4.98 Å². The van der Waals surface area contributed by atoms with E-state index in [2.05, 4.69) is 10.3 Å². The Labute approximate surface area is 145 Å². The average molecular weight is 338 g/mol. The van der Waals surface area contributed by atoms with Crippen LogP contribution in [0.25, 0.3) is 11.3 Å². The molecule has 0 unspecified atom stereocenters. The number of oxazole rings is 1. The normalized spacial score (nSPS) is 10.6. The van der Waals surface area contributed by atoms with Gasteiger partial charge in [-0.15, -0.1) is 0 Å². The van der Waals surface area contributed by atoms with Crippen LogP contribution in [-0.2, 0) is 4.79 Å². The van der Waals surface area contributed by atoms with Crippen LogP contribution in [0.4, 0.5) is 5.69 Å². The number of thioether (sulfide) groups is 1. The lowest BCUT2D eigenvalue weighted by Gasteiger charge is -2.06. The van der Waals surface area contributed by atoms with Crippen molar-refractivity contribution in [3.8, 4) is 11.3 Å². The fraction of sp³-hybridized carbons (Fsp3) is 0.158. The van der Waals surface area contributed by atoms with E-state index < -0.39 is 0 Å². The smallest absolute Gasteiger partial charge is 0.256 e. The van der Waals surface area contributed by atoms with E-state index in [1.165, 1.54) is 17.3 Å². The molecule has 5 heteroatoms. The Morgan fingerprint density at radius 3 is 2.67 bits per heavy atom. The average Bonchev–Trinajstić information content (AvgIpc) is 3.06. The summed E-state index contributed by atoms with van der Waals surface area (Å²) in [6.45, 7) is 4.07. The number of carbonyl (C=O) groups excluding carboxylic acids is 1. The molecular formula is C19H18N2O2S. The highest BCUT2D eigenvalue weighted by Crippen LogP contribution is 2.25. The van der Waals surface area contributed by atoms with Crippen LogP contribution in [0.2, 0.25) is 0 Å². The van der Waals surface area contributed by atoms with Crippen molar-refractivity contribution in [2.75, 3.05) is 11.1 Å². The van der Waals surface area contributed by atoms with E-state index in [-0.39, 0.29) is 11.7 Å². The first-order valence-electron chi connectivity index (χ1n) is 7.63. The molecule has 1 heterocycles. The summed E-state index contributed by atoms with van der Waals surface area (Å²) in [5, 5.41) is 3.38. The van der Waals surface area contributed by atoms with Crippen LogP contribution in [-0.4, -0.2) is 16.6 Å². The topological polar surface area (TPSA) is 55.1 Å². The van der Waals surface area contributed by atoms with Crippen LogP contribution in [0.1, 0.15) is 11.1 Å². The minimum atomic E-state index is -0.0808. The van der Waals surface area contributed by atoms with E-state index in [0.29, 0.717) is 11.0 Å². The standard InChI is InChI=1S/C19H18N2O2S/c1-13-8-9-16(10-14(13)2)21-18(22)12-24-19-20-11-17(23-19)15-6-4-3-5-7-15/h3-11H,12H2,1-2H3,(H,21,22). The second kappa shape index (κ2) is 7.36. The van der Waals surface area contributed by atoms with Gasteiger partial charge >= 0.3 is 0 Å². The van der Waals surface area contributed by atoms with E-state index in [0.717, 1.165) is 16.8 Å². The van der Waals surface area contributed by atoms with Crippen LogP contribution in [0.5, 0.6) is 0 Å². The Bertz CT molecular complexity index is 844. The van der Waals surface area contributed by atoms with Gasteiger partial charge in [0.05, 0.1) is 11.9 Å². The van der Waals surface area contributed by atoms with Crippen LogP contribution < -0.4 is 5.32 Å². The molecule has 0 radical (unpaired) electrons. The summed E-state index contributed by atoms with van der Waals surface area (Å²) >= 11 is 1.28. The molecule has 4 nitrogen and oxygen atoms in total. The second-order valence-corrected chi connectivity index (χ2v) is 6.42. The predicted molar refractivity (Wildman–Crippen MR) is 97.2 cm³/mol. The van der Waals surface area contributed by atoms with E-state index in [4.69, 9.17) is 4.42 Å². The summed E-state index contributed by atoms with van der Waals surface area (Å²) in [6, 6.07) is 15.6. The lowest BCUT2D eigenvalue weighted by Crippen LogP contribution is -2.14. The maximum absolute atomic E-state index is 12.1. The van der Waals surface area contributed by atoms with Crippen LogP contribution in [0.15, 0.2) is 64.4 Å². The number of aryl methyl sites for hydroxylation is 2. The molecule has 0 aliphatic carbocycles. The minimum absolute atomic E-state index is 0.0808. The predicted octanol–water partition coefficient (Wildman–Crippen LogP) is 4.69. The van der Waals surface area contributed by atoms with Gasteiger partial charge in [-0.2, -0.15) is 0 Å². The van der Waals surface area contributed by atoms with Crippen molar-refractivity contribution in [1.29, 1.82) is 0 Å². The monoisotopic (exact) mass is 338 g/mol. The molecule has 0 aliphatic heterocycles. The molecule has 1 aromatic heterocycles. The number of amides is 1. The van der Waals surface area contributed by atoms with Crippen molar-refractivity contribution in [2.24, 2.45) is 0 Å². The molecular weight excluding hydrogens is 320 g/mol. The molecule has 1 amide bonds. The molecule has 2 aromatic carbocycles. The number of nitrogens with zero attached hydrogens (tertiary/aromatic N) is 1. The van der Waals surface area contributed by atoms with E-state index in [1.54, 1.807) is 6.20 Å². The zero-order valence-electron chi connectivity index (χ0n) is 13.6. The molecule has 122 valence electrons. The number of hydrogen-bond donors (Lipinski definition) is 1. The van der Waals surface area contributed by atoms with Gasteiger partial charge in [0.15, 0.2) is 5.76 Å². The Morgan fingerprint density at radius 2 is 1.92 bits per heavy atom. The summed E-state index contributed by atoms with van der Waals surface area (Å²) in [4.78, 5) is 16.3. The summed E-state index contributed by atoms with van der Waals surface area (Å²) in [5.41, 5.74) is 4.13. The number of nitrogens with one attached hydrogen (secondary N) is 1. The molecule has 24 heavy (non-hydrogen) atoms. The third kappa shape index (κ3) is 4.06. The first-order chi connectivity index (χ1) is 11.6. The number of carbonyl (C=O) groups is 1. The highest BCUT2D eigenvalue weighted by molar-refractivity contribution is 7.99. The number of rotatable bonds is 5. The molecule has 1 N–H and O–H groups in total. The molecule has 0 atom stereocenters. The fourth-order valence-corrected chi connectivity index (χ4v) is 2.81. The van der Waals surface area contributed by atoms with E-state index in [9.17, 15) is 4.79 Å². The van der Waals surface area contributed by atoms with Gasteiger partial charge in [0.1, 0.15) is 0 Å². The lowest BCUT2D eigenvalue weighted by molar-refractivity contribution is -0.113. The third-order valence-corrected chi connectivity index (χ3v) is 4.50. The summed E-state index contributed by atoms with van der Waals surface area (Å²) < 4.78 is 5.68. The van der Waals surface area contributed by atoms with Gasteiger partial charge in [0, 0.05) is 11.3 Å². The summed E-state index contributed by atoms with van der Waals surface area (Å²) in [6.07, 6.45) is 1.68. The highest BCUT2D eigenvalue weighted by atomic mass is 32.2. The van der Waals surface area contributed by atoms with E-state index in [1.807, 2.05) is 62.4 Å². The molecule has 0 saturated heterocycles. The van der Waals surface area contributed by atoms with Crippen molar-refractivity contribution in [3.05, 3.63) is 65.9 Å². The number of benzene rings is 2. The van der Waals surface area contributed by atoms with Crippen molar-refractivity contribution in [2.45, 2.75) is 19.1 Å². The van der Waals surface area contributed by atoms with Crippen LogP contribution in [0, 0.1) is 13.8 Å². The van der Waals surface area contributed by atoms with Crippen molar-refractivity contribution in [1.82, 2.24) is 4.98 Å². The van der Waals surface area contributed by atoms with Gasteiger partial charge in [-0.05, 0) is 37.1 Å². The molecule has 0 fully saturated rings. The Balaban J connectivity index is 1.56. The first kappa shape index (κ1) is 16.3. The zero-order chi connectivity index (χ0) is 16.9. The third-order valence-electron chi connectivity index (χ3n) is 3.66. The maximum atomic E-state index is 12.1. The van der Waals surface area contributed by atoms with Crippen LogP contribution in [0.3, 0.4) is 0 Å². The van der Waals surface area contributed by atoms with Crippen molar-refractivity contribution >= 4 is 23.4 Å². The maximum Gasteiger partial charge on any atom is 0.256 e. The second-order valence-electron chi connectivity index (χ2n) is 5.49. The summed E-state index contributed by atoms with van der Waals surface area (Å²) in [5.74, 6) is 0.872. The molecule has 0 bridgehead atoms. The molecule has 3 aromatic rings. The Hall–Kier alpha value is -2.53. The SMILES string of the molecule is Cc1ccc(NC(=O)CSc2ncc(-c3ccccc3)o2)cc1C. The molecule has 0 saturated carbocycles. The lowest BCUT2D eigenvalue weighted by atomic mass is 10.1. The minimum Gasteiger partial charge on any atom is -0.431 e. The van der Waals surface area contributed by atoms with Gasteiger partial charge in [-0.1, -0.05) is 48.2 Å². The van der Waals surface area contributed by atoms with Crippen molar-refractivity contribution in [3.63, 3.8) is 0 Å². The largest absolute Gasteiger partial charge is 0.431 e. The van der Waals surface area contributed by atoms with Gasteiger partial charge in [0.25, 0.3) is 5.22 Å². The van der Waals surface area contributed by atoms with E-state index >= 15 is 0 Å². The first-order valence-corrected chi connectivity index (χ1v) is 8.61. The Kier molecular flexibility index (Phi) is 5.01. The molecule has 3 rings (SSSR count). The summed E-state index contributed by atoms with van der Waals surface area (Å²) in [7, 11) is 0. The highest BCUT2D eigenvalue weighted by Gasteiger charge is 2.10. The van der Waals surface area contributed by atoms with Crippen molar-refractivity contribution < 1.29 is 9.21 Å². The quantitative estimate of drug-likeness (QED) is 0.686. The number of hydrogen-bond acceptors (Lipinski definition) is 4. The molecule has 0 spiro atoms. The fourth-order valence-electron chi connectivity index (χ4n) is 2.20. The Morgan fingerprint density at radius 1 is 1.12 bits per heavy atom. The van der Waals surface area contributed by atoms with Crippen LogP contribution >= 0.6 is 11.8 Å².